The Hall–Kier alpha value is -1.30. The topological polar surface area (TPSA) is 63.8 Å². The van der Waals surface area contributed by atoms with Gasteiger partial charge in [0.2, 0.25) is 0 Å². The molecule has 2 aromatic rings. The Morgan fingerprint density at radius 3 is 2.75 bits per heavy atom. The number of aryl methyl sites for hydroxylation is 2. The minimum Gasteiger partial charge on any atom is -0.271 e. The maximum Gasteiger partial charge on any atom is 0.0836 e. The first-order valence-corrected chi connectivity index (χ1v) is 5.88. The van der Waals surface area contributed by atoms with Gasteiger partial charge in [-0.1, -0.05) is 6.07 Å². The zero-order valence-corrected chi connectivity index (χ0v) is 10.1. The second-order valence-corrected chi connectivity index (χ2v) is 4.58. The van der Waals surface area contributed by atoms with E-state index in [1.807, 2.05) is 31.8 Å². The molecule has 0 aliphatic heterocycles. The molecule has 2 aromatic heterocycles. The Kier molecular flexibility index (Phi) is 3.28. The van der Waals surface area contributed by atoms with E-state index in [1.54, 1.807) is 11.3 Å². The molecular formula is C11H14N4S. The Bertz CT molecular complexity index is 480. The zero-order valence-electron chi connectivity index (χ0n) is 9.27. The van der Waals surface area contributed by atoms with Gasteiger partial charge in [0.25, 0.3) is 0 Å². The summed E-state index contributed by atoms with van der Waals surface area (Å²) in [4.78, 5) is 9.55. The number of hydrogen-bond acceptors (Lipinski definition) is 5. The van der Waals surface area contributed by atoms with E-state index >= 15 is 0 Å². The fourth-order valence-corrected chi connectivity index (χ4v) is 2.54. The minimum atomic E-state index is -0.0279. The molecule has 0 radical (unpaired) electrons. The monoisotopic (exact) mass is 234 g/mol. The van der Waals surface area contributed by atoms with Gasteiger partial charge in [0.15, 0.2) is 0 Å². The molecule has 2 rings (SSSR count). The predicted octanol–water partition coefficient (Wildman–Crippen LogP) is 1.71. The highest BCUT2D eigenvalue weighted by molar-refractivity contribution is 7.09. The Balaban J connectivity index is 2.40. The molecule has 3 N–H and O–H groups in total. The van der Waals surface area contributed by atoms with Crippen molar-refractivity contribution in [1.82, 2.24) is 15.4 Å². The molecular weight excluding hydrogens is 220 g/mol. The van der Waals surface area contributed by atoms with E-state index in [0.29, 0.717) is 0 Å². The molecule has 0 bridgehead atoms. The quantitative estimate of drug-likeness (QED) is 0.627. The summed E-state index contributed by atoms with van der Waals surface area (Å²) in [5.74, 6) is 5.62. The van der Waals surface area contributed by atoms with Crippen LogP contribution in [0.4, 0.5) is 0 Å². The number of aromatic nitrogens is 2. The van der Waals surface area contributed by atoms with Gasteiger partial charge >= 0.3 is 0 Å². The van der Waals surface area contributed by atoms with Gasteiger partial charge in [-0.15, -0.1) is 11.3 Å². The normalized spacial score (nSPS) is 12.7. The van der Waals surface area contributed by atoms with Crippen LogP contribution in [0.1, 0.15) is 27.7 Å². The van der Waals surface area contributed by atoms with Crippen molar-refractivity contribution in [1.29, 1.82) is 0 Å². The van der Waals surface area contributed by atoms with Crippen molar-refractivity contribution in [3.05, 3.63) is 45.7 Å². The first-order valence-electron chi connectivity index (χ1n) is 5.00. The van der Waals surface area contributed by atoms with E-state index in [2.05, 4.69) is 21.5 Å². The van der Waals surface area contributed by atoms with Crippen molar-refractivity contribution in [2.45, 2.75) is 19.9 Å². The molecule has 0 aliphatic carbocycles. The van der Waals surface area contributed by atoms with Crippen LogP contribution in [0.2, 0.25) is 0 Å². The summed E-state index contributed by atoms with van der Waals surface area (Å²) in [6.07, 6.45) is 3.66. The summed E-state index contributed by atoms with van der Waals surface area (Å²) >= 11 is 1.60. The van der Waals surface area contributed by atoms with Crippen LogP contribution in [0, 0.1) is 13.8 Å². The van der Waals surface area contributed by atoms with E-state index < -0.39 is 0 Å². The molecule has 0 amide bonds. The van der Waals surface area contributed by atoms with Crippen molar-refractivity contribution in [3.8, 4) is 0 Å². The van der Waals surface area contributed by atoms with Gasteiger partial charge in [0.05, 0.1) is 22.1 Å². The molecule has 0 saturated heterocycles. The van der Waals surface area contributed by atoms with Crippen LogP contribution in [0.5, 0.6) is 0 Å². The summed E-state index contributed by atoms with van der Waals surface area (Å²) in [5.41, 5.74) is 7.85. The van der Waals surface area contributed by atoms with Gasteiger partial charge in [0.1, 0.15) is 0 Å². The first-order chi connectivity index (χ1) is 7.72. The highest BCUT2D eigenvalue weighted by Crippen LogP contribution is 2.27. The van der Waals surface area contributed by atoms with Crippen molar-refractivity contribution in [2.24, 2.45) is 5.84 Å². The Labute approximate surface area is 98.5 Å². The largest absolute Gasteiger partial charge is 0.271 e. The molecule has 5 heteroatoms. The molecule has 0 saturated carbocycles. The fourth-order valence-electron chi connectivity index (χ4n) is 1.65. The Morgan fingerprint density at radius 1 is 1.38 bits per heavy atom. The highest BCUT2D eigenvalue weighted by atomic mass is 32.1. The lowest BCUT2D eigenvalue weighted by atomic mass is 10.1. The SMILES string of the molecule is Cc1cncc(C(NN)c2scnc2C)c1. The van der Waals surface area contributed by atoms with Crippen molar-refractivity contribution < 1.29 is 0 Å². The third-order valence-corrected chi connectivity index (χ3v) is 3.44. The van der Waals surface area contributed by atoms with Crippen LogP contribution in [0.15, 0.2) is 24.0 Å². The lowest BCUT2D eigenvalue weighted by molar-refractivity contribution is 0.639. The van der Waals surface area contributed by atoms with Gasteiger partial charge < -0.3 is 0 Å². The molecule has 0 aromatic carbocycles. The number of pyridine rings is 1. The highest BCUT2D eigenvalue weighted by Gasteiger charge is 2.17. The third-order valence-electron chi connectivity index (χ3n) is 2.44. The van der Waals surface area contributed by atoms with Crippen LogP contribution >= 0.6 is 11.3 Å². The predicted molar refractivity (Wildman–Crippen MR) is 65.0 cm³/mol. The van der Waals surface area contributed by atoms with Crippen LogP contribution < -0.4 is 11.3 Å². The van der Waals surface area contributed by atoms with Crippen molar-refractivity contribution in [2.75, 3.05) is 0 Å². The number of hydrogen-bond donors (Lipinski definition) is 2. The molecule has 0 spiro atoms. The lowest BCUT2D eigenvalue weighted by Crippen LogP contribution is -2.28. The van der Waals surface area contributed by atoms with E-state index in [-0.39, 0.29) is 6.04 Å². The second kappa shape index (κ2) is 4.69. The summed E-state index contributed by atoms with van der Waals surface area (Å²) in [7, 11) is 0. The molecule has 0 fully saturated rings. The molecule has 0 aliphatic rings. The molecule has 1 atom stereocenters. The van der Waals surface area contributed by atoms with Crippen LogP contribution in [-0.4, -0.2) is 9.97 Å². The lowest BCUT2D eigenvalue weighted by Gasteiger charge is -2.15. The van der Waals surface area contributed by atoms with Crippen LogP contribution in [-0.2, 0) is 0 Å². The molecule has 2 heterocycles. The summed E-state index contributed by atoms with van der Waals surface area (Å²) < 4.78 is 0. The van der Waals surface area contributed by atoms with Crippen molar-refractivity contribution in [3.63, 3.8) is 0 Å². The number of nitrogens with two attached hydrogens (primary N) is 1. The standard InChI is InChI=1S/C11H14N4S/c1-7-3-9(5-13-4-7)10(15-12)11-8(2)14-6-16-11/h3-6,10,15H,12H2,1-2H3. The number of thiazole rings is 1. The number of nitrogens with one attached hydrogen (secondary N) is 1. The van der Waals surface area contributed by atoms with Gasteiger partial charge in [-0.3, -0.25) is 10.8 Å². The fraction of sp³-hybridized carbons (Fsp3) is 0.273. The average molecular weight is 234 g/mol. The molecule has 16 heavy (non-hydrogen) atoms. The van der Waals surface area contributed by atoms with Gasteiger partial charge in [-0.2, -0.15) is 0 Å². The minimum absolute atomic E-state index is 0.0279. The Morgan fingerprint density at radius 2 is 2.19 bits per heavy atom. The molecule has 84 valence electrons. The third kappa shape index (κ3) is 2.11. The van der Waals surface area contributed by atoms with E-state index in [4.69, 9.17) is 5.84 Å². The maximum absolute atomic E-state index is 5.62. The van der Waals surface area contributed by atoms with Gasteiger partial charge in [-0.05, 0) is 25.0 Å². The number of hydrazine groups is 1. The van der Waals surface area contributed by atoms with Gasteiger partial charge in [0, 0.05) is 12.4 Å². The van der Waals surface area contributed by atoms with E-state index in [0.717, 1.165) is 21.7 Å². The summed E-state index contributed by atoms with van der Waals surface area (Å²) in [6.45, 7) is 4.00. The van der Waals surface area contributed by atoms with E-state index in [1.165, 1.54) is 0 Å². The van der Waals surface area contributed by atoms with Crippen molar-refractivity contribution >= 4 is 11.3 Å². The van der Waals surface area contributed by atoms with Crippen LogP contribution in [0.3, 0.4) is 0 Å². The summed E-state index contributed by atoms with van der Waals surface area (Å²) in [5, 5.41) is 0. The van der Waals surface area contributed by atoms with Gasteiger partial charge in [-0.25, -0.2) is 10.4 Å². The second-order valence-electron chi connectivity index (χ2n) is 3.70. The molecule has 1 unspecified atom stereocenters. The molecule has 4 nitrogen and oxygen atoms in total. The van der Waals surface area contributed by atoms with Crippen LogP contribution in [0.25, 0.3) is 0 Å². The number of nitrogens with zero attached hydrogens (tertiary/aromatic N) is 2. The number of rotatable bonds is 3. The first kappa shape index (κ1) is 11.2. The average Bonchev–Trinajstić information content (AvgIpc) is 2.67. The van der Waals surface area contributed by atoms with E-state index in [9.17, 15) is 0 Å². The smallest absolute Gasteiger partial charge is 0.0836 e. The maximum atomic E-state index is 5.62. The summed E-state index contributed by atoms with van der Waals surface area (Å²) in [6, 6.07) is 2.05. The zero-order chi connectivity index (χ0) is 11.5.